The maximum absolute atomic E-state index is 5.97. The van der Waals surface area contributed by atoms with Crippen molar-refractivity contribution in [1.82, 2.24) is 0 Å². The topological polar surface area (TPSA) is 26.0 Å². The standard InChI is InChI=1S/C14H23NS/c1-5-13(15)9-12-6-7-14(11(4)8-12)16-10(2)3/h6-8,10,13H,5,9,15H2,1-4H3. The van der Waals surface area contributed by atoms with Crippen molar-refractivity contribution in [3.63, 3.8) is 0 Å². The summed E-state index contributed by atoms with van der Waals surface area (Å²) in [5.41, 5.74) is 8.70. The van der Waals surface area contributed by atoms with Crippen molar-refractivity contribution in [2.45, 2.75) is 56.7 Å². The quantitative estimate of drug-likeness (QED) is 0.789. The summed E-state index contributed by atoms with van der Waals surface area (Å²) in [7, 11) is 0. The molecule has 0 aliphatic heterocycles. The number of thioether (sulfide) groups is 1. The summed E-state index contributed by atoms with van der Waals surface area (Å²) in [5.74, 6) is 0. The highest BCUT2D eigenvalue weighted by Crippen LogP contribution is 2.27. The van der Waals surface area contributed by atoms with Gasteiger partial charge in [0.2, 0.25) is 0 Å². The van der Waals surface area contributed by atoms with E-state index in [4.69, 9.17) is 5.73 Å². The molecule has 1 nitrogen and oxygen atoms in total. The number of hydrogen-bond acceptors (Lipinski definition) is 2. The van der Waals surface area contributed by atoms with E-state index in [0.29, 0.717) is 11.3 Å². The van der Waals surface area contributed by atoms with Gasteiger partial charge in [0.1, 0.15) is 0 Å². The fourth-order valence-electron chi connectivity index (χ4n) is 1.67. The van der Waals surface area contributed by atoms with E-state index < -0.39 is 0 Å². The average Bonchev–Trinajstić information content (AvgIpc) is 2.21. The predicted molar refractivity (Wildman–Crippen MR) is 74.1 cm³/mol. The normalized spacial score (nSPS) is 13.1. The molecule has 1 atom stereocenters. The van der Waals surface area contributed by atoms with E-state index in [-0.39, 0.29) is 0 Å². The first-order chi connectivity index (χ1) is 7.52. The maximum Gasteiger partial charge on any atom is 0.0104 e. The summed E-state index contributed by atoms with van der Waals surface area (Å²) in [6.07, 6.45) is 2.03. The highest BCUT2D eigenvalue weighted by Gasteiger charge is 2.05. The van der Waals surface area contributed by atoms with Crippen LogP contribution < -0.4 is 5.73 Å². The van der Waals surface area contributed by atoms with Gasteiger partial charge in [-0.1, -0.05) is 32.9 Å². The van der Waals surface area contributed by atoms with Crippen LogP contribution >= 0.6 is 11.8 Å². The average molecular weight is 237 g/mol. The molecule has 0 spiro atoms. The molecule has 0 saturated carbocycles. The third kappa shape index (κ3) is 4.18. The third-order valence-corrected chi connectivity index (χ3v) is 3.81. The first-order valence-electron chi connectivity index (χ1n) is 6.04. The zero-order chi connectivity index (χ0) is 12.1. The molecule has 1 rings (SSSR count). The molecule has 0 amide bonds. The first kappa shape index (κ1) is 13.6. The number of rotatable bonds is 5. The Balaban J connectivity index is 2.74. The molecule has 1 aromatic rings. The van der Waals surface area contributed by atoms with Crippen LogP contribution in [0.25, 0.3) is 0 Å². The zero-order valence-corrected chi connectivity index (χ0v) is 11.6. The largest absolute Gasteiger partial charge is 0.327 e. The Morgan fingerprint density at radius 3 is 2.50 bits per heavy atom. The predicted octanol–water partition coefficient (Wildman–Crippen LogP) is 3.78. The lowest BCUT2D eigenvalue weighted by molar-refractivity contribution is 0.646. The molecule has 0 heterocycles. The van der Waals surface area contributed by atoms with Gasteiger partial charge >= 0.3 is 0 Å². The molecule has 0 bridgehead atoms. The van der Waals surface area contributed by atoms with E-state index in [1.165, 1.54) is 16.0 Å². The molecule has 0 aliphatic rings. The Labute approximate surface area is 104 Å². The molecular formula is C14H23NS. The minimum Gasteiger partial charge on any atom is -0.327 e. The molecular weight excluding hydrogens is 214 g/mol. The van der Waals surface area contributed by atoms with Gasteiger partial charge in [0.25, 0.3) is 0 Å². The van der Waals surface area contributed by atoms with Gasteiger partial charge in [-0.15, -0.1) is 11.8 Å². The smallest absolute Gasteiger partial charge is 0.0104 e. The summed E-state index contributed by atoms with van der Waals surface area (Å²) in [4.78, 5) is 1.39. The van der Waals surface area contributed by atoms with Crippen molar-refractivity contribution < 1.29 is 0 Å². The van der Waals surface area contributed by atoms with Gasteiger partial charge in [-0.25, -0.2) is 0 Å². The molecule has 16 heavy (non-hydrogen) atoms. The van der Waals surface area contributed by atoms with Gasteiger partial charge < -0.3 is 5.73 Å². The molecule has 1 aromatic carbocycles. The van der Waals surface area contributed by atoms with E-state index in [0.717, 1.165) is 12.8 Å². The van der Waals surface area contributed by atoms with Crippen LogP contribution in [0.5, 0.6) is 0 Å². The number of aryl methyl sites for hydroxylation is 1. The van der Waals surface area contributed by atoms with E-state index in [9.17, 15) is 0 Å². The Hall–Kier alpha value is -0.470. The van der Waals surface area contributed by atoms with Crippen LogP contribution in [0.1, 0.15) is 38.3 Å². The van der Waals surface area contributed by atoms with Gasteiger partial charge in [0.15, 0.2) is 0 Å². The van der Waals surface area contributed by atoms with E-state index >= 15 is 0 Å². The molecule has 2 heteroatoms. The second-order valence-corrected chi connectivity index (χ2v) is 6.26. The van der Waals surface area contributed by atoms with Crippen LogP contribution in [0.2, 0.25) is 0 Å². The summed E-state index contributed by atoms with van der Waals surface area (Å²) >= 11 is 1.93. The number of nitrogens with two attached hydrogens (primary N) is 1. The van der Waals surface area contributed by atoms with Crippen LogP contribution in [0, 0.1) is 6.92 Å². The monoisotopic (exact) mass is 237 g/mol. The van der Waals surface area contributed by atoms with Crippen molar-refractivity contribution in [3.8, 4) is 0 Å². The summed E-state index contributed by atoms with van der Waals surface area (Å²) in [6.45, 7) is 8.78. The van der Waals surface area contributed by atoms with Gasteiger partial charge in [0, 0.05) is 16.2 Å². The summed E-state index contributed by atoms with van der Waals surface area (Å²) in [6, 6.07) is 7.02. The van der Waals surface area contributed by atoms with Gasteiger partial charge in [-0.05, 0) is 37.0 Å². The minimum absolute atomic E-state index is 0.294. The molecule has 2 N–H and O–H groups in total. The van der Waals surface area contributed by atoms with Crippen LogP contribution in [0.15, 0.2) is 23.1 Å². The molecule has 1 unspecified atom stereocenters. The molecule has 0 aliphatic carbocycles. The minimum atomic E-state index is 0.294. The van der Waals surface area contributed by atoms with Crippen molar-refractivity contribution >= 4 is 11.8 Å². The fraction of sp³-hybridized carbons (Fsp3) is 0.571. The molecule has 0 radical (unpaired) electrons. The van der Waals surface area contributed by atoms with E-state index in [1.807, 2.05) is 11.8 Å². The Morgan fingerprint density at radius 2 is 2.00 bits per heavy atom. The van der Waals surface area contributed by atoms with Crippen molar-refractivity contribution in [3.05, 3.63) is 29.3 Å². The van der Waals surface area contributed by atoms with Crippen LogP contribution in [-0.4, -0.2) is 11.3 Å². The van der Waals surface area contributed by atoms with Gasteiger partial charge in [-0.3, -0.25) is 0 Å². The first-order valence-corrected chi connectivity index (χ1v) is 6.92. The van der Waals surface area contributed by atoms with Crippen LogP contribution in [0.3, 0.4) is 0 Å². The highest BCUT2D eigenvalue weighted by molar-refractivity contribution is 8.00. The Bertz CT molecular complexity index is 334. The zero-order valence-electron chi connectivity index (χ0n) is 10.8. The third-order valence-electron chi connectivity index (χ3n) is 2.62. The summed E-state index contributed by atoms with van der Waals surface area (Å²) in [5, 5.41) is 0.641. The second-order valence-electron chi connectivity index (χ2n) is 4.64. The van der Waals surface area contributed by atoms with Crippen LogP contribution in [0.4, 0.5) is 0 Å². The summed E-state index contributed by atoms with van der Waals surface area (Å²) < 4.78 is 0. The van der Waals surface area contributed by atoms with Crippen molar-refractivity contribution in [1.29, 1.82) is 0 Å². The van der Waals surface area contributed by atoms with E-state index in [1.54, 1.807) is 0 Å². The molecule has 0 aromatic heterocycles. The lowest BCUT2D eigenvalue weighted by Crippen LogP contribution is -2.21. The van der Waals surface area contributed by atoms with Gasteiger partial charge in [0.05, 0.1) is 0 Å². The fourth-order valence-corrected chi connectivity index (χ4v) is 2.57. The molecule has 0 saturated heterocycles. The molecule has 0 fully saturated rings. The lowest BCUT2D eigenvalue weighted by Gasteiger charge is -2.12. The lowest BCUT2D eigenvalue weighted by atomic mass is 10.0. The maximum atomic E-state index is 5.97. The van der Waals surface area contributed by atoms with E-state index in [2.05, 4.69) is 45.9 Å². The highest BCUT2D eigenvalue weighted by atomic mass is 32.2. The van der Waals surface area contributed by atoms with Crippen LogP contribution in [-0.2, 0) is 6.42 Å². The SMILES string of the molecule is CCC(N)Cc1ccc(SC(C)C)c(C)c1. The Morgan fingerprint density at radius 1 is 1.31 bits per heavy atom. The van der Waals surface area contributed by atoms with Crippen molar-refractivity contribution in [2.24, 2.45) is 5.73 Å². The molecule has 90 valence electrons. The Kier molecular flexibility index (Phi) is 5.36. The second kappa shape index (κ2) is 6.31. The van der Waals surface area contributed by atoms with Crippen molar-refractivity contribution in [2.75, 3.05) is 0 Å². The number of benzene rings is 1. The number of hydrogen-bond donors (Lipinski definition) is 1. The van der Waals surface area contributed by atoms with Gasteiger partial charge in [-0.2, -0.15) is 0 Å².